The highest BCUT2D eigenvalue weighted by molar-refractivity contribution is 5.37. The average Bonchev–Trinajstić information content (AvgIpc) is 2.39. The standard InChI is InChI=1S/C16H28N2O/c1-6-9-17-11-14-7-8-16(19-5)15(10-14)12-18(4)13(2)3/h7-8,10,13,17H,6,9,11-12H2,1-5H3. The van der Waals surface area contributed by atoms with Crippen molar-refractivity contribution in [2.24, 2.45) is 0 Å². The number of nitrogens with zero attached hydrogens (tertiary/aromatic N) is 1. The summed E-state index contributed by atoms with van der Waals surface area (Å²) in [4.78, 5) is 2.32. The molecule has 0 aliphatic rings. The van der Waals surface area contributed by atoms with Crippen LogP contribution in [0.25, 0.3) is 0 Å². The summed E-state index contributed by atoms with van der Waals surface area (Å²) in [6.45, 7) is 9.51. The molecule has 0 saturated carbocycles. The van der Waals surface area contributed by atoms with Crippen LogP contribution in [0.3, 0.4) is 0 Å². The lowest BCUT2D eigenvalue weighted by molar-refractivity contribution is 0.261. The molecule has 0 aliphatic heterocycles. The third-order valence-electron chi connectivity index (χ3n) is 3.40. The quantitative estimate of drug-likeness (QED) is 0.730. The maximum Gasteiger partial charge on any atom is 0.123 e. The summed E-state index contributed by atoms with van der Waals surface area (Å²) in [5.74, 6) is 0.978. The lowest BCUT2D eigenvalue weighted by Gasteiger charge is -2.22. The summed E-state index contributed by atoms with van der Waals surface area (Å²) < 4.78 is 5.46. The van der Waals surface area contributed by atoms with E-state index in [0.29, 0.717) is 6.04 Å². The molecular formula is C16H28N2O. The van der Waals surface area contributed by atoms with E-state index in [9.17, 15) is 0 Å². The predicted octanol–water partition coefficient (Wildman–Crippen LogP) is 3.04. The van der Waals surface area contributed by atoms with Crippen molar-refractivity contribution in [1.82, 2.24) is 10.2 Å². The average molecular weight is 264 g/mol. The first kappa shape index (κ1) is 16.0. The van der Waals surface area contributed by atoms with Crippen molar-refractivity contribution >= 4 is 0 Å². The fourth-order valence-electron chi connectivity index (χ4n) is 1.93. The number of nitrogens with one attached hydrogen (secondary N) is 1. The number of benzene rings is 1. The lowest BCUT2D eigenvalue weighted by atomic mass is 10.1. The molecule has 3 nitrogen and oxygen atoms in total. The van der Waals surface area contributed by atoms with Crippen LogP contribution < -0.4 is 10.1 Å². The van der Waals surface area contributed by atoms with Crippen molar-refractivity contribution < 1.29 is 4.74 Å². The van der Waals surface area contributed by atoms with Gasteiger partial charge in [-0.3, -0.25) is 4.90 Å². The van der Waals surface area contributed by atoms with E-state index in [1.807, 2.05) is 0 Å². The molecule has 0 bridgehead atoms. The molecule has 0 fully saturated rings. The van der Waals surface area contributed by atoms with Crippen molar-refractivity contribution in [3.05, 3.63) is 29.3 Å². The van der Waals surface area contributed by atoms with Crippen LogP contribution in [0.2, 0.25) is 0 Å². The fourth-order valence-corrected chi connectivity index (χ4v) is 1.93. The number of methoxy groups -OCH3 is 1. The highest BCUT2D eigenvalue weighted by atomic mass is 16.5. The van der Waals surface area contributed by atoms with E-state index in [0.717, 1.165) is 25.4 Å². The van der Waals surface area contributed by atoms with Crippen molar-refractivity contribution in [2.45, 2.75) is 46.3 Å². The molecule has 0 unspecified atom stereocenters. The first-order chi connectivity index (χ1) is 9.08. The minimum absolute atomic E-state index is 0.534. The van der Waals surface area contributed by atoms with Gasteiger partial charge in [-0.1, -0.05) is 13.0 Å². The Hall–Kier alpha value is -1.06. The SMILES string of the molecule is CCCNCc1ccc(OC)c(CN(C)C(C)C)c1. The molecule has 0 saturated heterocycles. The summed E-state index contributed by atoms with van der Waals surface area (Å²) in [6, 6.07) is 7.00. The third kappa shape index (κ3) is 5.21. The van der Waals surface area contributed by atoms with Gasteiger partial charge in [0.05, 0.1) is 7.11 Å². The molecule has 19 heavy (non-hydrogen) atoms. The molecule has 0 spiro atoms. The molecule has 0 aromatic heterocycles. The Kier molecular flexibility index (Phi) is 6.89. The molecular weight excluding hydrogens is 236 g/mol. The number of rotatable bonds is 8. The maximum atomic E-state index is 5.46. The van der Waals surface area contributed by atoms with Gasteiger partial charge in [-0.05, 0) is 51.6 Å². The molecule has 0 radical (unpaired) electrons. The van der Waals surface area contributed by atoms with Gasteiger partial charge in [0.1, 0.15) is 5.75 Å². The molecule has 0 heterocycles. The summed E-state index contributed by atoms with van der Waals surface area (Å²) in [6.07, 6.45) is 1.17. The molecule has 1 N–H and O–H groups in total. The Morgan fingerprint density at radius 1 is 1.32 bits per heavy atom. The van der Waals surface area contributed by atoms with Crippen LogP contribution in [-0.2, 0) is 13.1 Å². The van der Waals surface area contributed by atoms with Crippen molar-refractivity contribution in [3.8, 4) is 5.75 Å². The molecule has 1 aromatic carbocycles. The monoisotopic (exact) mass is 264 g/mol. The zero-order chi connectivity index (χ0) is 14.3. The van der Waals surface area contributed by atoms with Gasteiger partial charge in [0.25, 0.3) is 0 Å². The van der Waals surface area contributed by atoms with E-state index >= 15 is 0 Å². The van der Waals surface area contributed by atoms with Gasteiger partial charge in [-0.15, -0.1) is 0 Å². The number of hydrogen-bond acceptors (Lipinski definition) is 3. The lowest BCUT2D eigenvalue weighted by Crippen LogP contribution is -2.26. The van der Waals surface area contributed by atoms with E-state index in [-0.39, 0.29) is 0 Å². The zero-order valence-corrected chi connectivity index (χ0v) is 13.0. The topological polar surface area (TPSA) is 24.5 Å². The number of hydrogen-bond donors (Lipinski definition) is 1. The van der Waals surface area contributed by atoms with Crippen molar-refractivity contribution in [3.63, 3.8) is 0 Å². The molecule has 0 aliphatic carbocycles. The Balaban J connectivity index is 2.77. The van der Waals surface area contributed by atoms with Gasteiger partial charge in [-0.25, -0.2) is 0 Å². The van der Waals surface area contributed by atoms with Gasteiger partial charge in [0.2, 0.25) is 0 Å². The van der Waals surface area contributed by atoms with E-state index < -0.39 is 0 Å². The molecule has 3 heteroatoms. The molecule has 108 valence electrons. The Morgan fingerprint density at radius 3 is 2.63 bits per heavy atom. The third-order valence-corrected chi connectivity index (χ3v) is 3.40. The molecule has 0 atom stereocenters. The van der Waals surface area contributed by atoms with Crippen LogP contribution in [0.15, 0.2) is 18.2 Å². The second-order valence-corrected chi connectivity index (χ2v) is 5.33. The van der Waals surface area contributed by atoms with Crippen LogP contribution in [0.4, 0.5) is 0 Å². The van der Waals surface area contributed by atoms with Crippen LogP contribution in [0, 0.1) is 0 Å². The Labute approximate surface area is 118 Å². The second kappa shape index (κ2) is 8.18. The Bertz CT molecular complexity index is 377. The largest absolute Gasteiger partial charge is 0.496 e. The van der Waals surface area contributed by atoms with E-state index in [2.05, 4.69) is 56.2 Å². The summed E-state index contributed by atoms with van der Waals surface area (Å²) in [5, 5.41) is 3.44. The maximum absolute atomic E-state index is 5.46. The van der Waals surface area contributed by atoms with Gasteiger partial charge < -0.3 is 10.1 Å². The summed E-state index contributed by atoms with van der Waals surface area (Å²) in [5.41, 5.74) is 2.58. The first-order valence-corrected chi connectivity index (χ1v) is 7.15. The van der Waals surface area contributed by atoms with Gasteiger partial charge in [0.15, 0.2) is 0 Å². The minimum Gasteiger partial charge on any atom is -0.496 e. The highest BCUT2D eigenvalue weighted by Gasteiger charge is 2.09. The van der Waals surface area contributed by atoms with Crippen molar-refractivity contribution in [1.29, 1.82) is 0 Å². The van der Waals surface area contributed by atoms with E-state index in [4.69, 9.17) is 4.74 Å². The van der Waals surface area contributed by atoms with Gasteiger partial charge in [0, 0.05) is 24.7 Å². The van der Waals surface area contributed by atoms with Crippen LogP contribution in [0.1, 0.15) is 38.3 Å². The summed E-state index contributed by atoms with van der Waals surface area (Å²) >= 11 is 0. The highest BCUT2D eigenvalue weighted by Crippen LogP contribution is 2.22. The molecule has 1 rings (SSSR count). The first-order valence-electron chi connectivity index (χ1n) is 7.15. The summed E-state index contributed by atoms with van der Waals surface area (Å²) in [7, 11) is 3.88. The van der Waals surface area contributed by atoms with Crippen molar-refractivity contribution in [2.75, 3.05) is 20.7 Å². The smallest absolute Gasteiger partial charge is 0.123 e. The minimum atomic E-state index is 0.534. The normalized spacial score (nSPS) is 11.3. The van der Waals surface area contributed by atoms with Crippen LogP contribution >= 0.6 is 0 Å². The fraction of sp³-hybridized carbons (Fsp3) is 0.625. The Morgan fingerprint density at radius 2 is 2.05 bits per heavy atom. The van der Waals surface area contributed by atoms with Gasteiger partial charge >= 0.3 is 0 Å². The second-order valence-electron chi connectivity index (χ2n) is 5.33. The molecule has 0 amide bonds. The molecule has 1 aromatic rings. The van der Waals surface area contributed by atoms with Crippen LogP contribution in [-0.4, -0.2) is 31.6 Å². The van der Waals surface area contributed by atoms with E-state index in [1.165, 1.54) is 17.5 Å². The van der Waals surface area contributed by atoms with E-state index in [1.54, 1.807) is 7.11 Å². The number of ether oxygens (including phenoxy) is 1. The van der Waals surface area contributed by atoms with Crippen LogP contribution in [0.5, 0.6) is 5.75 Å². The predicted molar refractivity (Wildman–Crippen MR) is 81.6 cm³/mol. The zero-order valence-electron chi connectivity index (χ0n) is 13.0. The van der Waals surface area contributed by atoms with Gasteiger partial charge in [-0.2, -0.15) is 0 Å².